The van der Waals surface area contributed by atoms with Crippen LogP contribution in [0, 0.1) is 6.07 Å². The van der Waals surface area contributed by atoms with Gasteiger partial charge in [-0.3, -0.25) is 9.78 Å². The van der Waals surface area contributed by atoms with Crippen LogP contribution in [0.25, 0.3) is 55.1 Å². The Morgan fingerprint density at radius 1 is 0.932 bits per heavy atom. The van der Waals surface area contributed by atoms with Crippen LogP contribution < -0.4 is 5.19 Å². The second-order valence-corrected chi connectivity index (χ2v) is 17.5. The monoisotopic (exact) mass is 777 g/mol. The van der Waals surface area contributed by atoms with E-state index in [9.17, 15) is 4.79 Å². The molecule has 227 valence electrons. The summed E-state index contributed by atoms with van der Waals surface area (Å²) in [5.41, 5.74) is 7.30. The molecule has 0 fully saturated rings. The Labute approximate surface area is 274 Å². The zero-order chi connectivity index (χ0) is 30.9. The Hall–Kier alpha value is -3.83. The van der Waals surface area contributed by atoms with Gasteiger partial charge in [0.1, 0.15) is 11.2 Å². The average Bonchev–Trinajstić information content (AvgIpc) is 3.35. The zero-order valence-corrected chi connectivity index (χ0v) is 29.7. The summed E-state index contributed by atoms with van der Waals surface area (Å²) in [6.07, 6.45) is 3.01. The van der Waals surface area contributed by atoms with Gasteiger partial charge >= 0.3 is 0 Å². The first-order chi connectivity index (χ1) is 20.4. The number of aromatic nitrogens is 1. The predicted molar refractivity (Wildman–Crippen MR) is 183 cm³/mol. The third kappa shape index (κ3) is 6.94. The first-order valence-electron chi connectivity index (χ1n) is 14.7. The van der Waals surface area contributed by atoms with E-state index in [1.807, 2.05) is 12.3 Å². The maximum Gasteiger partial charge on any atom is 0.155 e. The first kappa shape index (κ1) is 33.1. The Kier molecular flexibility index (Phi) is 10.1. The van der Waals surface area contributed by atoms with E-state index in [4.69, 9.17) is 14.5 Å². The van der Waals surface area contributed by atoms with E-state index in [-0.39, 0.29) is 31.6 Å². The summed E-state index contributed by atoms with van der Waals surface area (Å²) < 4.78 is 6.52. The molecule has 0 aliphatic carbocycles. The van der Waals surface area contributed by atoms with Crippen LogP contribution in [0.2, 0.25) is 19.6 Å². The molecule has 4 aromatic carbocycles. The van der Waals surface area contributed by atoms with E-state index < -0.39 is 8.07 Å². The quantitative estimate of drug-likeness (QED) is 0.0820. The number of hydrogen-bond acceptors (Lipinski definition) is 4. The fraction of sp³-hybridized carbons (Fsp3) is 0.211. The molecule has 0 spiro atoms. The van der Waals surface area contributed by atoms with Crippen molar-refractivity contribution < 1.29 is 34.4 Å². The van der Waals surface area contributed by atoms with E-state index in [1.54, 1.807) is 0 Å². The topological polar surface area (TPSA) is 63.3 Å². The molecule has 0 aliphatic rings. The van der Waals surface area contributed by atoms with Gasteiger partial charge in [-0.1, -0.05) is 110 Å². The molecule has 0 amide bonds. The number of pyridine rings is 1. The first-order valence-corrected chi connectivity index (χ1v) is 18.2. The van der Waals surface area contributed by atoms with Crippen LogP contribution in [0.5, 0.6) is 0 Å². The van der Waals surface area contributed by atoms with E-state index in [0.29, 0.717) is 5.92 Å². The molecule has 0 aliphatic heterocycles. The van der Waals surface area contributed by atoms with Crippen molar-refractivity contribution >= 4 is 51.8 Å². The Balaban J connectivity index is 0.000000497. The predicted octanol–water partition coefficient (Wildman–Crippen LogP) is 9.97. The van der Waals surface area contributed by atoms with Crippen molar-refractivity contribution in [2.75, 3.05) is 0 Å². The molecule has 1 radical (unpaired) electrons. The largest absolute Gasteiger partial charge is 0.512 e. The molecule has 1 N–H and O–H groups in total. The number of rotatable bonds is 5. The fourth-order valence-electron chi connectivity index (χ4n) is 5.48. The van der Waals surface area contributed by atoms with Gasteiger partial charge in [-0.25, -0.2) is 0 Å². The summed E-state index contributed by atoms with van der Waals surface area (Å²) in [5, 5.41) is 14.3. The van der Waals surface area contributed by atoms with Crippen molar-refractivity contribution in [1.29, 1.82) is 0 Å². The molecule has 44 heavy (non-hydrogen) atoms. The number of allylic oxidation sites excluding steroid dienone is 2. The van der Waals surface area contributed by atoms with Crippen LogP contribution in [-0.4, -0.2) is 23.9 Å². The second kappa shape index (κ2) is 13.4. The van der Waals surface area contributed by atoms with E-state index in [1.165, 1.54) is 41.6 Å². The molecule has 4 nitrogen and oxygen atoms in total. The SMILES string of the molecule is CC(=O)/C=C(/C)O.CC(C)c1cc(-c2nccc3oc4c(-c5ccc([Si](C)(C)C)cc5)cccc4c23)[c-]c2ccccc12.[Ir]. The standard InChI is InChI=1S/C33H30NOSi.C5H8O2.Ir/c1-21(2)29-20-24(19-23-9-6-7-10-26(23)29)32-31-28-12-8-11-27(33(28)35-30(31)17-18-34-32)22-13-15-25(16-14-22)36(3,4)5;1-4(6)3-5(2)7;/h6-18,20-21H,1-5H3;3,6H,1-2H3;/q-1;;/b;4-3-;. The summed E-state index contributed by atoms with van der Waals surface area (Å²) >= 11 is 0. The number of nitrogens with zero attached hydrogens (tertiary/aromatic N) is 1. The van der Waals surface area contributed by atoms with Crippen molar-refractivity contribution in [1.82, 2.24) is 4.98 Å². The van der Waals surface area contributed by atoms with Gasteiger partial charge < -0.3 is 9.52 Å². The molecule has 0 saturated heterocycles. The number of para-hydroxylation sites is 1. The number of carbonyl (C=O) groups excluding carboxylic acids is 1. The van der Waals surface area contributed by atoms with Crippen molar-refractivity contribution in [3.8, 4) is 22.4 Å². The number of fused-ring (bicyclic) bond motifs is 4. The van der Waals surface area contributed by atoms with Crippen molar-refractivity contribution in [2.24, 2.45) is 0 Å². The van der Waals surface area contributed by atoms with Crippen molar-refractivity contribution in [2.45, 2.75) is 53.3 Å². The molecule has 0 atom stereocenters. The fourth-order valence-corrected chi connectivity index (χ4v) is 6.65. The van der Waals surface area contributed by atoms with Gasteiger partial charge in [0.15, 0.2) is 5.78 Å². The number of aliphatic hydroxyl groups excluding tert-OH is 1. The van der Waals surface area contributed by atoms with Crippen LogP contribution in [0.3, 0.4) is 0 Å². The van der Waals surface area contributed by atoms with Gasteiger partial charge in [-0.05, 0) is 31.4 Å². The smallest absolute Gasteiger partial charge is 0.155 e. The van der Waals surface area contributed by atoms with Crippen molar-refractivity contribution in [3.05, 3.63) is 109 Å². The van der Waals surface area contributed by atoms with Gasteiger partial charge in [0.05, 0.1) is 13.8 Å². The van der Waals surface area contributed by atoms with Crippen LogP contribution in [0.1, 0.15) is 39.2 Å². The van der Waals surface area contributed by atoms with E-state index >= 15 is 0 Å². The van der Waals surface area contributed by atoms with E-state index in [2.05, 4.69) is 112 Å². The maximum absolute atomic E-state index is 10.0. The molecule has 0 bridgehead atoms. The van der Waals surface area contributed by atoms with Crippen molar-refractivity contribution in [3.63, 3.8) is 0 Å². The van der Waals surface area contributed by atoms with E-state index in [0.717, 1.165) is 44.1 Å². The molecule has 0 unspecified atom stereocenters. The molecule has 2 heterocycles. The summed E-state index contributed by atoms with van der Waals surface area (Å²) in [4.78, 5) is 14.9. The number of benzene rings is 4. The van der Waals surface area contributed by atoms with Crippen LogP contribution in [0.4, 0.5) is 0 Å². The Morgan fingerprint density at radius 3 is 2.23 bits per heavy atom. The normalized spacial score (nSPS) is 11.9. The minimum absolute atomic E-state index is 0. The molecule has 6 aromatic rings. The molecule has 0 saturated carbocycles. The van der Waals surface area contributed by atoms with Crippen LogP contribution in [0.15, 0.2) is 101 Å². The average molecular weight is 777 g/mol. The minimum Gasteiger partial charge on any atom is -0.512 e. The third-order valence-corrected chi connectivity index (χ3v) is 9.63. The summed E-state index contributed by atoms with van der Waals surface area (Å²) in [6, 6.07) is 31.9. The Bertz CT molecular complexity index is 1980. The van der Waals surface area contributed by atoms with Gasteiger partial charge in [0.25, 0.3) is 0 Å². The maximum atomic E-state index is 10.0. The zero-order valence-electron chi connectivity index (χ0n) is 26.3. The van der Waals surface area contributed by atoms with Crippen LogP contribution in [-0.2, 0) is 24.9 Å². The molecule has 2 aromatic heterocycles. The third-order valence-electron chi connectivity index (χ3n) is 7.57. The summed E-state index contributed by atoms with van der Waals surface area (Å²) in [5.74, 6) is 0.335. The second-order valence-electron chi connectivity index (χ2n) is 12.4. The number of carbonyl (C=O) groups is 1. The molecular formula is C38H38IrNO3Si-. The van der Waals surface area contributed by atoms with Crippen LogP contribution >= 0.6 is 0 Å². The summed E-state index contributed by atoms with van der Waals surface area (Å²) in [6.45, 7) is 14.5. The number of furan rings is 1. The Morgan fingerprint density at radius 2 is 1.61 bits per heavy atom. The van der Waals surface area contributed by atoms with Gasteiger partial charge in [0, 0.05) is 54.4 Å². The number of hydrogen-bond donors (Lipinski definition) is 1. The summed E-state index contributed by atoms with van der Waals surface area (Å²) in [7, 11) is -1.35. The minimum atomic E-state index is -1.35. The molecule has 6 rings (SSSR count). The van der Waals surface area contributed by atoms with Gasteiger partial charge in [0.2, 0.25) is 0 Å². The number of aliphatic hydroxyl groups is 1. The van der Waals surface area contributed by atoms with Gasteiger partial charge in [-0.15, -0.1) is 29.1 Å². The number of ketones is 1. The molecular weight excluding hydrogens is 739 g/mol. The van der Waals surface area contributed by atoms with Gasteiger partial charge in [-0.2, -0.15) is 0 Å². The molecule has 6 heteroatoms.